The molecule has 6 heteroatoms. The van der Waals surface area contributed by atoms with Gasteiger partial charge in [-0.25, -0.2) is 19.9 Å². The number of thiophene rings is 1. The van der Waals surface area contributed by atoms with Crippen LogP contribution in [-0.2, 0) is 5.41 Å². The minimum Gasteiger partial charge on any atom is -0.436 e. The third-order valence-electron chi connectivity index (χ3n) is 9.76. The van der Waals surface area contributed by atoms with Crippen LogP contribution in [0.4, 0.5) is 0 Å². The average Bonchev–Trinajstić information content (AvgIpc) is 3.82. The van der Waals surface area contributed by atoms with E-state index in [0.717, 1.165) is 38.9 Å². The lowest BCUT2D eigenvalue weighted by Crippen LogP contribution is -2.15. The molecule has 0 fully saturated rings. The van der Waals surface area contributed by atoms with Crippen molar-refractivity contribution in [2.24, 2.45) is 0 Å². The van der Waals surface area contributed by atoms with Crippen molar-refractivity contribution in [3.8, 4) is 56.7 Å². The lowest BCUT2D eigenvalue weighted by atomic mass is 9.81. The van der Waals surface area contributed by atoms with Crippen molar-refractivity contribution < 1.29 is 4.42 Å². The van der Waals surface area contributed by atoms with E-state index < -0.39 is 0 Å². The Hall–Kier alpha value is -5.98. The van der Waals surface area contributed by atoms with Gasteiger partial charge in [0, 0.05) is 53.4 Å². The van der Waals surface area contributed by atoms with Crippen LogP contribution >= 0.6 is 11.3 Å². The number of fused-ring (bicyclic) bond motifs is 8. The predicted octanol–water partition coefficient (Wildman–Crippen LogP) is 11.4. The molecule has 0 atom stereocenters. The molecule has 0 N–H and O–H groups in total. The molecular formula is C43H28N4OS. The second-order valence-corrected chi connectivity index (χ2v) is 14.1. The van der Waals surface area contributed by atoms with Crippen molar-refractivity contribution in [3.63, 3.8) is 0 Å². The molecule has 0 saturated carbocycles. The Bertz CT molecular complexity index is 2750. The summed E-state index contributed by atoms with van der Waals surface area (Å²) in [4.78, 5) is 20.2. The average molecular weight is 649 g/mol. The molecule has 0 unspecified atom stereocenters. The van der Waals surface area contributed by atoms with Crippen LogP contribution in [0.5, 0.6) is 0 Å². The summed E-state index contributed by atoms with van der Waals surface area (Å²) in [5, 5.41) is 2.46. The molecule has 232 valence electrons. The van der Waals surface area contributed by atoms with Gasteiger partial charge in [0.1, 0.15) is 5.52 Å². The van der Waals surface area contributed by atoms with E-state index in [-0.39, 0.29) is 5.41 Å². The van der Waals surface area contributed by atoms with E-state index in [4.69, 9.17) is 24.4 Å². The molecule has 0 spiro atoms. The van der Waals surface area contributed by atoms with Gasteiger partial charge in [0.2, 0.25) is 5.89 Å². The molecule has 1 aliphatic carbocycles. The SMILES string of the molecule is CC1(C)c2cc(-c3nc(-c4ccccc4)nc(-c4cccc5c4sc4ccccc45)n3)ccc2-c2ccc3nc(-c4ccccc4)oc3c21. The van der Waals surface area contributed by atoms with Crippen LogP contribution in [0, 0.1) is 0 Å². The van der Waals surface area contributed by atoms with E-state index in [1.807, 2.05) is 48.5 Å². The fourth-order valence-electron chi connectivity index (χ4n) is 7.38. The number of hydrogen-bond donors (Lipinski definition) is 0. The van der Waals surface area contributed by atoms with Crippen LogP contribution in [0.3, 0.4) is 0 Å². The minimum absolute atomic E-state index is 0.339. The van der Waals surface area contributed by atoms with E-state index in [1.54, 1.807) is 11.3 Å². The fourth-order valence-corrected chi connectivity index (χ4v) is 8.59. The van der Waals surface area contributed by atoms with Crippen molar-refractivity contribution in [2.45, 2.75) is 19.3 Å². The summed E-state index contributed by atoms with van der Waals surface area (Å²) in [5.41, 5.74) is 9.97. The summed E-state index contributed by atoms with van der Waals surface area (Å²) in [6.07, 6.45) is 0. The molecule has 10 rings (SSSR count). The van der Waals surface area contributed by atoms with Crippen LogP contribution in [-0.4, -0.2) is 19.9 Å². The van der Waals surface area contributed by atoms with Gasteiger partial charge in [0.05, 0.1) is 0 Å². The lowest BCUT2D eigenvalue weighted by Gasteiger charge is -2.21. The number of rotatable bonds is 4. The zero-order valence-corrected chi connectivity index (χ0v) is 27.6. The highest BCUT2D eigenvalue weighted by Crippen LogP contribution is 2.52. The molecule has 1 aliphatic rings. The molecular weight excluding hydrogens is 621 g/mol. The Morgan fingerprint density at radius 3 is 2.02 bits per heavy atom. The van der Waals surface area contributed by atoms with Gasteiger partial charge in [-0.15, -0.1) is 11.3 Å². The Labute approximate surface area is 286 Å². The number of benzene rings is 6. The van der Waals surface area contributed by atoms with E-state index in [9.17, 15) is 0 Å². The fraction of sp³-hybridized carbons (Fsp3) is 0.0698. The first-order chi connectivity index (χ1) is 24.0. The van der Waals surface area contributed by atoms with Crippen molar-refractivity contribution in [3.05, 3.63) is 145 Å². The van der Waals surface area contributed by atoms with Crippen molar-refractivity contribution in [1.29, 1.82) is 0 Å². The first kappa shape index (κ1) is 28.1. The molecule has 5 nitrogen and oxygen atoms in total. The summed E-state index contributed by atoms with van der Waals surface area (Å²) in [6, 6.07) is 46.1. The molecule has 6 aromatic carbocycles. The predicted molar refractivity (Wildman–Crippen MR) is 200 cm³/mol. The molecule has 3 aromatic heterocycles. The summed E-state index contributed by atoms with van der Waals surface area (Å²) in [7, 11) is 0. The van der Waals surface area contributed by atoms with Crippen molar-refractivity contribution in [2.75, 3.05) is 0 Å². The van der Waals surface area contributed by atoms with Gasteiger partial charge in [0.25, 0.3) is 0 Å². The monoisotopic (exact) mass is 648 g/mol. The van der Waals surface area contributed by atoms with Gasteiger partial charge in [-0.3, -0.25) is 0 Å². The second-order valence-electron chi connectivity index (χ2n) is 13.1. The van der Waals surface area contributed by atoms with Gasteiger partial charge >= 0.3 is 0 Å². The normalized spacial score (nSPS) is 13.3. The number of hydrogen-bond acceptors (Lipinski definition) is 6. The molecule has 0 radical (unpaired) electrons. The van der Waals surface area contributed by atoms with Crippen LogP contribution < -0.4 is 0 Å². The maximum absolute atomic E-state index is 6.52. The zero-order valence-electron chi connectivity index (χ0n) is 26.8. The number of nitrogens with zero attached hydrogens (tertiary/aromatic N) is 4. The highest BCUT2D eigenvalue weighted by molar-refractivity contribution is 7.26. The maximum atomic E-state index is 6.52. The molecule has 0 amide bonds. The smallest absolute Gasteiger partial charge is 0.227 e. The minimum atomic E-state index is -0.339. The van der Waals surface area contributed by atoms with Gasteiger partial charge in [-0.1, -0.05) is 111 Å². The standard InChI is InChI=1S/C43H28N4OS/c1-43(2)33-24-27(20-21-28(33)30-22-23-34-37(36(30)43)48-42(44-34)26-14-7-4-8-15-26)40-45-39(25-12-5-3-6-13-25)46-41(47-40)32-18-11-17-31-29-16-9-10-19-35(29)49-38(31)32/h3-24H,1-2H3. The highest BCUT2D eigenvalue weighted by atomic mass is 32.1. The van der Waals surface area contributed by atoms with Crippen LogP contribution in [0.1, 0.15) is 25.0 Å². The van der Waals surface area contributed by atoms with Crippen molar-refractivity contribution in [1.82, 2.24) is 19.9 Å². The Balaban J connectivity index is 1.14. The lowest BCUT2D eigenvalue weighted by molar-refractivity contribution is 0.593. The number of aromatic nitrogens is 4. The zero-order chi connectivity index (χ0) is 32.7. The van der Waals surface area contributed by atoms with Crippen molar-refractivity contribution >= 4 is 42.6 Å². The van der Waals surface area contributed by atoms with E-state index in [1.165, 1.54) is 36.9 Å². The third kappa shape index (κ3) is 4.31. The first-order valence-corrected chi connectivity index (χ1v) is 17.2. The maximum Gasteiger partial charge on any atom is 0.227 e. The van der Waals surface area contributed by atoms with Gasteiger partial charge in [0.15, 0.2) is 23.1 Å². The molecule has 0 aliphatic heterocycles. The Morgan fingerprint density at radius 2 is 1.20 bits per heavy atom. The summed E-state index contributed by atoms with van der Waals surface area (Å²) in [5.74, 6) is 2.60. The first-order valence-electron chi connectivity index (χ1n) is 16.4. The van der Waals surface area contributed by atoms with Crippen LogP contribution in [0.15, 0.2) is 138 Å². The molecule has 49 heavy (non-hydrogen) atoms. The van der Waals surface area contributed by atoms with E-state index in [2.05, 4.69) is 98.8 Å². The topological polar surface area (TPSA) is 64.7 Å². The summed E-state index contributed by atoms with van der Waals surface area (Å²) >= 11 is 1.78. The van der Waals surface area contributed by atoms with Gasteiger partial charge in [-0.05, 0) is 53.1 Å². The molecule has 3 heterocycles. The van der Waals surface area contributed by atoms with Gasteiger partial charge < -0.3 is 4.42 Å². The third-order valence-corrected chi connectivity index (χ3v) is 11.0. The summed E-state index contributed by atoms with van der Waals surface area (Å²) in [6.45, 7) is 4.53. The summed E-state index contributed by atoms with van der Waals surface area (Å²) < 4.78 is 8.95. The molecule has 9 aromatic rings. The largest absolute Gasteiger partial charge is 0.436 e. The van der Waals surface area contributed by atoms with Crippen LogP contribution in [0.25, 0.3) is 88.0 Å². The highest BCUT2D eigenvalue weighted by Gasteiger charge is 2.39. The molecule has 0 bridgehead atoms. The second kappa shape index (κ2) is 10.5. The van der Waals surface area contributed by atoms with E-state index >= 15 is 0 Å². The number of oxazole rings is 1. The van der Waals surface area contributed by atoms with Crippen LogP contribution in [0.2, 0.25) is 0 Å². The molecule has 0 saturated heterocycles. The Morgan fingerprint density at radius 1 is 0.531 bits per heavy atom. The van der Waals surface area contributed by atoms with E-state index in [0.29, 0.717) is 23.4 Å². The van der Waals surface area contributed by atoms with Gasteiger partial charge in [-0.2, -0.15) is 0 Å². The quantitative estimate of drug-likeness (QED) is 0.190. The Kier molecular flexibility index (Phi) is 6.02.